The number of hydrogen-bond donors (Lipinski definition) is 1. The number of carbonyl (C=O) groups is 1. The number of methoxy groups -OCH3 is 1. The minimum Gasteiger partial charge on any atom is -0.497 e. The summed E-state index contributed by atoms with van der Waals surface area (Å²) in [5, 5.41) is 13.7. The van der Waals surface area contributed by atoms with Gasteiger partial charge in [0.25, 0.3) is 11.6 Å². The number of nitrogens with one attached hydrogen (secondary N) is 1. The van der Waals surface area contributed by atoms with E-state index in [0.717, 1.165) is 11.3 Å². The largest absolute Gasteiger partial charge is 0.497 e. The number of benzene rings is 2. The van der Waals surface area contributed by atoms with Crippen molar-refractivity contribution in [1.29, 1.82) is 0 Å². The van der Waals surface area contributed by atoms with Gasteiger partial charge in [0.1, 0.15) is 5.75 Å². The Hall–Kier alpha value is -3.09. The Bertz CT molecular complexity index is 742. The highest BCUT2D eigenvalue weighted by molar-refractivity contribution is 6.00. The minimum atomic E-state index is -0.514. The summed E-state index contributed by atoms with van der Waals surface area (Å²) in [4.78, 5) is 24.6. The Labute approximate surface area is 140 Å². The van der Waals surface area contributed by atoms with Gasteiger partial charge in [0.15, 0.2) is 0 Å². The summed E-state index contributed by atoms with van der Waals surface area (Å²) in [7, 11) is 5.14. The van der Waals surface area contributed by atoms with E-state index in [4.69, 9.17) is 4.74 Å². The van der Waals surface area contributed by atoms with Crippen LogP contribution < -0.4 is 15.0 Å². The smallest absolute Gasteiger partial charge is 0.270 e. The van der Waals surface area contributed by atoms with Crippen molar-refractivity contribution in [1.82, 2.24) is 5.32 Å². The molecule has 126 valence electrons. The third-order valence-corrected chi connectivity index (χ3v) is 3.53. The Morgan fingerprint density at radius 2 is 1.88 bits per heavy atom. The molecule has 0 radical (unpaired) electrons. The van der Waals surface area contributed by atoms with Crippen LogP contribution in [0.5, 0.6) is 5.75 Å². The van der Waals surface area contributed by atoms with Crippen LogP contribution in [0.15, 0.2) is 42.5 Å². The summed E-state index contributed by atoms with van der Waals surface area (Å²) in [6, 6.07) is 11.5. The summed E-state index contributed by atoms with van der Waals surface area (Å²) < 4.78 is 5.09. The maximum atomic E-state index is 12.5. The van der Waals surface area contributed by atoms with Gasteiger partial charge in [0.2, 0.25) is 0 Å². The second-order valence-corrected chi connectivity index (χ2v) is 5.38. The zero-order valence-corrected chi connectivity index (χ0v) is 13.8. The lowest BCUT2D eigenvalue weighted by Crippen LogP contribution is -2.25. The van der Waals surface area contributed by atoms with E-state index in [1.807, 2.05) is 12.1 Å². The van der Waals surface area contributed by atoms with Gasteiger partial charge >= 0.3 is 0 Å². The Morgan fingerprint density at radius 1 is 1.21 bits per heavy atom. The van der Waals surface area contributed by atoms with Crippen molar-refractivity contribution >= 4 is 17.3 Å². The maximum Gasteiger partial charge on any atom is 0.270 e. The van der Waals surface area contributed by atoms with Gasteiger partial charge in [-0.25, -0.2) is 0 Å². The number of non-ortho nitro benzene ring substituents is 1. The van der Waals surface area contributed by atoms with E-state index < -0.39 is 4.92 Å². The fraction of sp³-hybridized carbons (Fsp3) is 0.235. The van der Waals surface area contributed by atoms with E-state index in [0.29, 0.717) is 12.2 Å². The van der Waals surface area contributed by atoms with E-state index in [1.165, 1.54) is 12.1 Å². The van der Waals surface area contributed by atoms with Gasteiger partial charge in [-0.05, 0) is 23.8 Å². The van der Waals surface area contributed by atoms with Crippen LogP contribution >= 0.6 is 0 Å². The third-order valence-electron chi connectivity index (χ3n) is 3.53. The first-order valence-corrected chi connectivity index (χ1v) is 7.29. The molecule has 1 N–H and O–H groups in total. The molecule has 2 rings (SSSR count). The fourth-order valence-corrected chi connectivity index (χ4v) is 2.23. The van der Waals surface area contributed by atoms with Gasteiger partial charge in [0, 0.05) is 38.5 Å². The normalized spacial score (nSPS) is 10.1. The van der Waals surface area contributed by atoms with Crippen LogP contribution in [-0.4, -0.2) is 32.0 Å². The van der Waals surface area contributed by atoms with E-state index in [1.54, 1.807) is 44.3 Å². The van der Waals surface area contributed by atoms with Gasteiger partial charge < -0.3 is 15.0 Å². The van der Waals surface area contributed by atoms with Crippen molar-refractivity contribution in [3.63, 3.8) is 0 Å². The van der Waals surface area contributed by atoms with Gasteiger partial charge in [-0.15, -0.1) is 0 Å². The molecule has 0 aliphatic heterocycles. The number of nitrogens with zero attached hydrogens (tertiary/aromatic N) is 2. The van der Waals surface area contributed by atoms with E-state index in [9.17, 15) is 14.9 Å². The van der Waals surface area contributed by atoms with Crippen LogP contribution in [0, 0.1) is 10.1 Å². The molecule has 0 aliphatic carbocycles. The Kier molecular flexibility index (Phi) is 5.36. The Balaban J connectivity index is 2.18. The molecule has 2 aromatic carbocycles. The van der Waals surface area contributed by atoms with E-state index in [2.05, 4.69) is 5.32 Å². The topological polar surface area (TPSA) is 84.7 Å². The number of hydrogen-bond acceptors (Lipinski definition) is 5. The number of ether oxygens (including phenoxy) is 1. The number of amides is 1. The quantitative estimate of drug-likeness (QED) is 0.650. The maximum absolute atomic E-state index is 12.5. The lowest BCUT2D eigenvalue weighted by atomic mass is 10.1. The van der Waals surface area contributed by atoms with Crippen molar-refractivity contribution < 1.29 is 14.5 Å². The van der Waals surface area contributed by atoms with E-state index in [-0.39, 0.29) is 17.2 Å². The van der Waals surface area contributed by atoms with E-state index >= 15 is 0 Å². The molecule has 0 bridgehead atoms. The highest BCUT2D eigenvalue weighted by atomic mass is 16.6. The number of rotatable bonds is 6. The fourth-order valence-electron chi connectivity index (χ4n) is 2.23. The SMILES string of the molecule is COc1ccc(CNC(=O)c2cc([N+](=O)[O-])ccc2N(C)C)cc1. The average Bonchev–Trinajstić information content (AvgIpc) is 2.59. The second kappa shape index (κ2) is 7.45. The first kappa shape index (κ1) is 17.3. The van der Waals surface area contributed by atoms with Crippen LogP contribution in [0.3, 0.4) is 0 Å². The zero-order valence-electron chi connectivity index (χ0n) is 13.8. The lowest BCUT2D eigenvalue weighted by Gasteiger charge is -2.17. The van der Waals surface area contributed by atoms with Crippen molar-refractivity contribution in [3.8, 4) is 5.75 Å². The zero-order chi connectivity index (χ0) is 17.7. The summed E-state index contributed by atoms with van der Waals surface area (Å²) in [6.07, 6.45) is 0. The molecule has 0 fully saturated rings. The first-order valence-electron chi connectivity index (χ1n) is 7.29. The molecule has 0 heterocycles. The molecule has 7 heteroatoms. The highest BCUT2D eigenvalue weighted by Crippen LogP contribution is 2.24. The number of carbonyl (C=O) groups excluding carboxylic acids is 1. The monoisotopic (exact) mass is 329 g/mol. The standard InChI is InChI=1S/C17H19N3O4/c1-19(2)16-9-6-13(20(22)23)10-15(16)17(21)18-11-12-4-7-14(24-3)8-5-12/h4-10H,11H2,1-3H3,(H,18,21). The molecule has 0 saturated heterocycles. The number of anilines is 1. The van der Waals surface area contributed by atoms with Gasteiger partial charge in [-0.2, -0.15) is 0 Å². The molecule has 0 unspecified atom stereocenters. The summed E-state index contributed by atoms with van der Waals surface area (Å²) >= 11 is 0. The third kappa shape index (κ3) is 4.01. The Morgan fingerprint density at radius 3 is 2.42 bits per heavy atom. The molecule has 1 amide bonds. The summed E-state index contributed by atoms with van der Waals surface area (Å²) in [5.41, 5.74) is 1.67. The van der Waals surface area contributed by atoms with Gasteiger partial charge in [0.05, 0.1) is 17.6 Å². The highest BCUT2D eigenvalue weighted by Gasteiger charge is 2.17. The molecule has 0 atom stereocenters. The first-order chi connectivity index (χ1) is 11.4. The summed E-state index contributed by atoms with van der Waals surface area (Å²) in [6.45, 7) is 0.318. The second-order valence-electron chi connectivity index (χ2n) is 5.38. The molecule has 24 heavy (non-hydrogen) atoms. The molecular weight excluding hydrogens is 310 g/mol. The van der Waals surface area contributed by atoms with Crippen molar-refractivity contribution in [3.05, 3.63) is 63.7 Å². The van der Waals surface area contributed by atoms with Crippen molar-refractivity contribution in [2.45, 2.75) is 6.54 Å². The molecule has 0 aliphatic rings. The van der Waals surface area contributed by atoms with Crippen LogP contribution in [-0.2, 0) is 6.54 Å². The molecule has 0 saturated carbocycles. The van der Waals surface area contributed by atoms with Crippen molar-refractivity contribution in [2.24, 2.45) is 0 Å². The molecule has 7 nitrogen and oxygen atoms in total. The van der Waals surface area contributed by atoms with Crippen LogP contribution in [0.25, 0.3) is 0 Å². The summed E-state index contributed by atoms with van der Waals surface area (Å²) in [5.74, 6) is 0.372. The van der Waals surface area contributed by atoms with Crippen molar-refractivity contribution in [2.75, 3.05) is 26.1 Å². The predicted octanol–water partition coefficient (Wildman–Crippen LogP) is 2.60. The van der Waals surface area contributed by atoms with Gasteiger partial charge in [-0.1, -0.05) is 12.1 Å². The average molecular weight is 329 g/mol. The predicted molar refractivity (Wildman–Crippen MR) is 91.6 cm³/mol. The van der Waals surface area contributed by atoms with Crippen LogP contribution in [0.4, 0.5) is 11.4 Å². The molecule has 0 spiro atoms. The number of nitro benzene ring substituents is 1. The molecular formula is C17H19N3O4. The van der Waals surface area contributed by atoms with Crippen LogP contribution in [0.1, 0.15) is 15.9 Å². The molecule has 2 aromatic rings. The van der Waals surface area contributed by atoms with Gasteiger partial charge in [-0.3, -0.25) is 14.9 Å². The number of nitro groups is 1. The lowest BCUT2D eigenvalue weighted by molar-refractivity contribution is -0.384. The molecule has 0 aromatic heterocycles. The van der Waals surface area contributed by atoms with Crippen LogP contribution in [0.2, 0.25) is 0 Å². The minimum absolute atomic E-state index is 0.116.